The molecule has 2 rings (SSSR count). The molecule has 0 spiro atoms. The van der Waals surface area contributed by atoms with Crippen LogP contribution in [0.3, 0.4) is 0 Å². The number of aliphatic hydroxyl groups excluding tert-OH is 1. The Morgan fingerprint density at radius 3 is 2.94 bits per heavy atom. The molecule has 1 aromatic rings. The van der Waals surface area contributed by atoms with Crippen molar-refractivity contribution >= 4 is 23.3 Å². The molecule has 2 atom stereocenters. The van der Waals surface area contributed by atoms with Crippen molar-refractivity contribution < 1.29 is 19.8 Å². The first-order valence-electron chi connectivity index (χ1n) is 5.44. The topological polar surface area (TPSA) is 103 Å². The van der Waals surface area contributed by atoms with Crippen molar-refractivity contribution in [1.29, 1.82) is 0 Å². The summed E-state index contributed by atoms with van der Waals surface area (Å²) in [5.41, 5.74) is 0. The SMILES string of the molecule is O=C(NC1CN(C(=O)O)CCC1O)c1nccs1. The van der Waals surface area contributed by atoms with E-state index >= 15 is 0 Å². The Kier molecular flexibility index (Phi) is 3.78. The third kappa shape index (κ3) is 2.77. The molecule has 1 fully saturated rings. The maximum atomic E-state index is 11.8. The van der Waals surface area contributed by atoms with Gasteiger partial charge in [0.05, 0.1) is 12.1 Å². The van der Waals surface area contributed by atoms with Gasteiger partial charge in [0, 0.05) is 24.7 Å². The smallest absolute Gasteiger partial charge is 0.407 e. The van der Waals surface area contributed by atoms with Gasteiger partial charge in [-0.25, -0.2) is 9.78 Å². The number of nitrogens with one attached hydrogen (secondary N) is 1. The highest BCUT2D eigenvalue weighted by Gasteiger charge is 2.31. The summed E-state index contributed by atoms with van der Waals surface area (Å²) in [6.07, 6.45) is 0.0511. The third-order valence-corrected chi connectivity index (χ3v) is 3.56. The lowest BCUT2D eigenvalue weighted by Crippen LogP contribution is -2.56. The summed E-state index contributed by atoms with van der Waals surface area (Å²) in [5, 5.41) is 23.2. The second-order valence-corrected chi connectivity index (χ2v) is 4.90. The third-order valence-electron chi connectivity index (χ3n) is 2.79. The fourth-order valence-electron chi connectivity index (χ4n) is 1.82. The molecule has 2 amide bonds. The van der Waals surface area contributed by atoms with Crippen molar-refractivity contribution in [2.45, 2.75) is 18.6 Å². The number of carbonyl (C=O) groups excluding carboxylic acids is 1. The van der Waals surface area contributed by atoms with Crippen LogP contribution in [-0.2, 0) is 0 Å². The number of aromatic nitrogens is 1. The maximum Gasteiger partial charge on any atom is 0.407 e. The van der Waals surface area contributed by atoms with Gasteiger partial charge in [-0.3, -0.25) is 4.79 Å². The first-order valence-corrected chi connectivity index (χ1v) is 6.32. The van der Waals surface area contributed by atoms with Crippen LogP contribution >= 0.6 is 11.3 Å². The van der Waals surface area contributed by atoms with E-state index in [0.717, 1.165) is 0 Å². The van der Waals surface area contributed by atoms with Crippen LogP contribution in [0.15, 0.2) is 11.6 Å². The van der Waals surface area contributed by atoms with Crippen molar-refractivity contribution in [2.24, 2.45) is 0 Å². The predicted octanol–water partition coefficient (Wildman–Crippen LogP) is -0.0139. The molecule has 0 aliphatic carbocycles. The molecule has 8 heteroatoms. The van der Waals surface area contributed by atoms with Gasteiger partial charge in [0.1, 0.15) is 0 Å². The molecular weight excluding hydrogens is 258 g/mol. The van der Waals surface area contributed by atoms with Crippen LogP contribution in [0.4, 0.5) is 4.79 Å². The van der Waals surface area contributed by atoms with Crippen LogP contribution in [0.1, 0.15) is 16.2 Å². The number of hydrogen-bond acceptors (Lipinski definition) is 5. The van der Waals surface area contributed by atoms with Gasteiger partial charge in [-0.1, -0.05) is 0 Å². The number of rotatable bonds is 2. The van der Waals surface area contributed by atoms with Crippen LogP contribution in [0.25, 0.3) is 0 Å². The molecule has 98 valence electrons. The number of carbonyl (C=O) groups is 2. The Morgan fingerprint density at radius 2 is 2.33 bits per heavy atom. The molecule has 1 aliphatic heterocycles. The summed E-state index contributed by atoms with van der Waals surface area (Å²) in [6, 6.07) is -0.591. The van der Waals surface area contributed by atoms with E-state index in [0.29, 0.717) is 11.4 Å². The molecule has 1 aromatic heterocycles. The quantitative estimate of drug-likeness (QED) is 0.702. The van der Waals surface area contributed by atoms with Crippen molar-refractivity contribution in [2.75, 3.05) is 13.1 Å². The number of nitrogens with zero attached hydrogens (tertiary/aromatic N) is 2. The van der Waals surface area contributed by atoms with Crippen molar-refractivity contribution in [3.05, 3.63) is 16.6 Å². The van der Waals surface area contributed by atoms with Gasteiger partial charge in [-0.15, -0.1) is 11.3 Å². The van der Waals surface area contributed by atoms with Gasteiger partial charge < -0.3 is 20.4 Å². The van der Waals surface area contributed by atoms with Crippen LogP contribution in [0.2, 0.25) is 0 Å². The molecule has 0 radical (unpaired) electrons. The largest absolute Gasteiger partial charge is 0.465 e. The van der Waals surface area contributed by atoms with E-state index in [1.807, 2.05) is 0 Å². The minimum absolute atomic E-state index is 0.0909. The van der Waals surface area contributed by atoms with E-state index in [2.05, 4.69) is 10.3 Å². The number of piperidine rings is 1. The van der Waals surface area contributed by atoms with E-state index in [4.69, 9.17) is 5.11 Å². The summed E-state index contributed by atoms with van der Waals surface area (Å²) in [6.45, 7) is 0.369. The van der Waals surface area contributed by atoms with E-state index in [-0.39, 0.29) is 19.0 Å². The molecule has 1 aliphatic rings. The standard InChI is InChI=1S/C10H13N3O4S/c14-7-1-3-13(10(16)17)5-6(7)12-8(15)9-11-2-4-18-9/h2,4,6-7,14H,1,3,5H2,(H,12,15)(H,16,17). The average molecular weight is 271 g/mol. The van der Waals surface area contributed by atoms with Crippen molar-refractivity contribution in [3.63, 3.8) is 0 Å². The Labute approximate surface area is 107 Å². The number of aliphatic hydroxyl groups is 1. The maximum absolute atomic E-state index is 11.8. The van der Waals surface area contributed by atoms with Crippen LogP contribution < -0.4 is 5.32 Å². The second-order valence-electron chi connectivity index (χ2n) is 4.00. The van der Waals surface area contributed by atoms with E-state index in [1.54, 1.807) is 5.38 Å². The highest BCUT2D eigenvalue weighted by Crippen LogP contribution is 2.12. The zero-order chi connectivity index (χ0) is 13.1. The van der Waals surface area contributed by atoms with Gasteiger partial charge >= 0.3 is 6.09 Å². The van der Waals surface area contributed by atoms with Crippen LogP contribution in [0.5, 0.6) is 0 Å². The molecule has 0 aromatic carbocycles. The first kappa shape index (κ1) is 12.8. The highest BCUT2D eigenvalue weighted by atomic mass is 32.1. The molecule has 0 saturated carbocycles. The number of carboxylic acid groups (broad SMARTS) is 1. The minimum Gasteiger partial charge on any atom is -0.465 e. The minimum atomic E-state index is -1.05. The summed E-state index contributed by atoms with van der Waals surface area (Å²) in [4.78, 5) is 27.6. The van der Waals surface area contributed by atoms with E-state index in [9.17, 15) is 14.7 Å². The molecule has 2 heterocycles. The van der Waals surface area contributed by atoms with Gasteiger partial charge in [-0.05, 0) is 6.42 Å². The van der Waals surface area contributed by atoms with Crippen LogP contribution in [0, 0.1) is 0 Å². The van der Waals surface area contributed by atoms with Crippen molar-refractivity contribution in [1.82, 2.24) is 15.2 Å². The number of likely N-dealkylation sites (tertiary alicyclic amines) is 1. The summed E-state index contributed by atoms with van der Waals surface area (Å²) in [7, 11) is 0. The fraction of sp³-hybridized carbons (Fsp3) is 0.500. The Balaban J connectivity index is 1.98. The fourth-order valence-corrected chi connectivity index (χ4v) is 2.36. The summed E-state index contributed by atoms with van der Waals surface area (Å²) < 4.78 is 0. The summed E-state index contributed by atoms with van der Waals surface area (Å²) >= 11 is 1.19. The first-order chi connectivity index (χ1) is 8.58. The monoisotopic (exact) mass is 271 g/mol. The molecule has 7 nitrogen and oxygen atoms in total. The highest BCUT2D eigenvalue weighted by molar-refractivity contribution is 7.11. The van der Waals surface area contributed by atoms with Gasteiger partial charge in [-0.2, -0.15) is 0 Å². The lowest BCUT2D eigenvalue weighted by Gasteiger charge is -2.34. The average Bonchev–Trinajstić information content (AvgIpc) is 2.85. The van der Waals surface area contributed by atoms with Crippen molar-refractivity contribution in [3.8, 4) is 0 Å². The van der Waals surface area contributed by atoms with E-state index < -0.39 is 18.2 Å². The van der Waals surface area contributed by atoms with E-state index in [1.165, 1.54) is 22.4 Å². The van der Waals surface area contributed by atoms with Crippen LogP contribution in [-0.4, -0.2) is 57.3 Å². The van der Waals surface area contributed by atoms with Gasteiger partial charge in [0.25, 0.3) is 5.91 Å². The Hall–Kier alpha value is -1.67. The lowest BCUT2D eigenvalue weighted by atomic mass is 10.0. The number of hydrogen-bond donors (Lipinski definition) is 3. The zero-order valence-electron chi connectivity index (χ0n) is 9.44. The Morgan fingerprint density at radius 1 is 1.56 bits per heavy atom. The van der Waals surface area contributed by atoms with Gasteiger partial charge in [0.15, 0.2) is 5.01 Å². The second kappa shape index (κ2) is 5.32. The number of thiazole rings is 1. The Bertz CT molecular complexity index is 436. The zero-order valence-corrected chi connectivity index (χ0v) is 10.3. The number of amides is 2. The normalized spacial score (nSPS) is 23.7. The summed E-state index contributed by atoms with van der Waals surface area (Å²) in [5.74, 6) is -0.388. The molecular formula is C10H13N3O4S. The molecule has 1 saturated heterocycles. The molecule has 18 heavy (non-hydrogen) atoms. The predicted molar refractivity (Wildman–Crippen MR) is 63.6 cm³/mol. The molecule has 0 bridgehead atoms. The molecule has 3 N–H and O–H groups in total. The van der Waals surface area contributed by atoms with Gasteiger partial charge in [0.2, 0.25) is 0 Å². The lowest BCUT2D eigenvalue weighted by molar-refractivity contribution is 0.0439. The molecule has 2 unspecified atom stereocenters.